The fraction of sp³-hybridized carbons (Fsp3) is 0.200. The Kier molecular flexibility index (Phi) is 2.47. The van der Waals surface area contributed by atoms with Gasteiger partial charge in [0.1, 0.15) is 0 Å². The van der Waals surface area contributed by atoms with Crippen molar-refractivity contribution < 1.29 is 0 Å². The zero-order valence-corrected chi connectivity index (χ0v) is 11.8. The first-order chi connectivity index (χ1) is 9.76. The lowest BCUT2D eigenvalue weighted by atomic mass is 9.71. The van der Waals surface area contributed by atoms with E-state index in [9.17, 15) is 0 Å². The van der Waals surface area contributed by atoms with E-state index < -0.39 is 0 Å². The van der Waals surface area contributed by atoms with E-state index in [-0.39, 0.29) is 5.41 Å². The van der Waals surface area contributed by atoms with Crippen molar-refractivity contribution in [1.29, 1.82) is 0 Å². The van der Waals surface area contributed by atoms with Crippen LogP contribution in [-0.2, 0) is 0 Å². The molecule has 1 aromatic rings. The van der Waals surface area contributed by atoms with E-state index in [2.05, 4.69) is 73.7 Å². The van der Waals surface area contributed by atoms with E-state index in [0.29, 0.717) is 0 Å². The van der Waals surface area contributed by atoms with Crippen LogP contribution in [0, 0.1) is 5.41 Å². The monoisotopic (exact) mass is 258 g/mol. The summed E-state index contributed by atoms with van der Waals surface area (Å²) in [4.78, 5) is 0. The van der Waals surface area contributed by atoms with Crippen molar-refractivity contribution in [3.8, 4) is 0 Å². The van der Waals surface area contributed by atoms with Gasteiger partial charge in [-0.05, 0) is 41.2 Å². The van der Waals surface area contributed by atoms with Crippen molar-refractivity contribution in [3.63, 3.8) is 0 Å². The van der Waals surface area contributed by atoms with Gasteiger partial charge in [-0.2, -0.15) is 0 Å². The van der Waals surface area contributed by atoms with Crippen molar-refractivity contribution >= 4 is 11.6 Å². The van der Waals surface area contributed by atoms with Crippen LogP contribution in [0.5, 0.6) is 0 Å². The van der Waals surface area contributed by atoms with Crippen molar-refractivity contribution in [3.05, 3.63) is 83.0 Å². The van der Waals surface area contributed by atoms with Crippen LogP contribution in [0.25, 0.3) is 11.6 Å². The Morgan fingerprint density at radius 2 is 2.00 bits per heavy atom. The molecular weight excluding hydrogens is 240 g/mol. The second kappa shape index (κ2) is 4.21. The van der Waals surface area contributed by atoms with Gasteiger partial charge < -0.3 is 0 Å². The predicted octanol–water partition coefficient (Wildman–Crippen LogP) is 5.32. The Morgan fingerprint density at radius 3 is 2.85 bits per heavy atom. The first-order valence-corrected chi connectivity index (χ1v) is 7.32. The SMILES string of the molecule is CC1(CC2=CC=CC2)C=CC=C2C1=Cc1ccccc12. The Hall–Kier alpha value is -2.08. The molecule has 0 N–H and O–H groups in total. The number of rotatable bonds is 2. The van der Waals surface area contributed by atoms with Crippen molar-refractivity contribution in [2.75, 3.05) is 0 Å². The molecule has 0 heterocycles. The summed E-state index contributed by atoms with van der Waals surface area (Å²) >= 11 is 0. The zero-order valence-electron chi connectivity index (χ0n) is 11.8. The van der Waals surface area contributed by atoms with Crippen LogP contribution >= 0.6 is 0 Å². The molecule has 1 aromatic carbocycles. The van der Waals surface area contributed by atoms with Gasteiger partial charge >= 0.3 is 0 Å². The third-order valence-corrected chi connectivity index (χ3v) is 4.63. The third kappa shape index (κ3) is 1.68. The van der Waals surface area contributed by atoms with Crippen LogP contribution in [0.3, 0.4) is 0 Å². The second-order valence-electron chi connectivity index (χ2n) is 6.14. The van der Waals surface area contributed by atoms with Gasteiger partial charge in [-0.1, -0.05) is 73.2 Å². The van der Waals surface area contributed by atoms with Gasteiger partial charge in [-0.15, -0.1) is 0 Å². The summed E-state index contributed by atoms with van der Waals surface area (Å²) in [6.45, 7) is 2.37. The summed E-state index contributed by atoms with van der Waals surface area (Å²) in [6.07, 6.45) is 18.2. The minimum atomic E-state index is 0.126. The van der Waals surface area contributed by atoms with Crippen LogP contribution < -0.4 is 0 Å². The summed E-state index contributed by atoms with van der Waals surface area (Å²) in [5.41, 5.74) is 7.31. The molecular formula is C20H18. The Morgan fingerprint density at radius 1 is 1.10 bits per heavy atom. The molecule has 0 heteroatoms. The molecule has 0 bridgehead atoms. The fourth-order valence-corrected chi connectivity index (χ4v) is 3.59. The number of fused-ring (bicyclic) bond motifs is 3. The average Bonchev–Trinajstić information content (AvgIpc) is 3.07. The van der Waals surface area contributed by atoms with Crippen LogP contribution in [0.2, 0.25) is 0 Å². The maximum absolute atomic E-state index is 2.38. The minimum Gasteiger partial charge on any atom is -0.0805 e. The highest BCUT2D eigenvalue weighted by Crippen LogP contribution is 2.50. The highest BCUT2D eigenvalue weighted by molar-refractivity contribution is 5.97. The van der Waals surface area contributed by atoms with Gasteiger partial charge in [0.05, 0.1) is 0 Å². The lowest BCUT2D eigenvalue weighted by Crippen LogP contribution is -2.19. The second-order valence-corrected chi connectivity index (χ2v) is 6.14. The molecule has 0 spiro atoms. The molecule has 20 heavy (non-hydrogen) atoms. The molecule has 0 nitrogen and oxygen atoms in total. The molecule has 0 amide bonds. The average molecular weight is 258 g/mol. The van der Waals surface area contributed by atoms with Gasteiger partial charge in [0.25, 0.3) is 0 Å². The maximum Gasteiger partial charge on any atom is 0.0150 e. The molecule has 4 rings (SSSR count). The van der Waals surface area contributed by atoms with Crippen LogP contribution in [0.4, 0.5) is 0 Å². The van der Waals surface area contributed by atoms with E-state index >= 15 is 0 Å². The van der Waals surface area contributed by atoms with Gasteiger partial charge in [0, 0.05) is 5.41 Å². The molecule has 0 radical (unpaired) electrons. The Bertz CT molecular complexity index is 722. The molecule has 0 fully saturated rings. The molecule has 3 aliphatic rings. The smallest absolute Gasteiger partial charge is 0.0150 e. The molecule has 1 atom stereocenters. The number of hydrogen-bond acceptors (Lipinski definition) is 0. The van der Waals surface area contributed by atoms with E-state index in [4.69, 9.17) is 0 Å². The van der Waals surface area contributed by atoms with Crippen LogP contribution in [0.1, 0.15) is 30.9 Å². The lowest BCUT2D eigenvalue weighted by molar-refractivity contribution is 0.522. The third-order valence-electron chi connectivity index (χ3n) is 4.63. The molecule has 1 unspecified atom stereocenters. The number of benzene rings is 1. The van der Waals surface area contributed by atoms with Gasteiger partial charge in [0.15, 0.2) is 0 Å². The summed E-state index contributed by atoms with van der Waals surface area (Å²) in [5.74, 6) is 0. The normalized spacial score (nSPS) is 25.9. The predicted molar refractivity (Wildman–Crippen MR) is 86.1 cm³/mol. The first-order valence-electron chi connectivity index (χ1n) is 7.32. The first kappa shape index (κ1) is 11.7. The number of allylic oxidation sites excluding steroid dienone is 9. The molecule has 0 aromatic heterocycles. The molecule has 0 aliphatic heterocycles. The van der Waals surface area contributed by atoms with Crippen molar-refractivity contribution in [2.45, 2.75) is 19.8 Å². The van der Waals surface area contributed by atoms with Crippen LogP contribution in [0.15, 0.2) is 71.9 Å². The van der Waals surface area contributed by atoms with E-state index in [1.54, 1.807) is 0 Å². The Labute approximate surface area is 120 Å². The highest BCUT2D eigenvalue weighted by atomic mass is 14.4. The summed E-state index contributed by atoms with van der Waals surface area (Å²) in [6, 6.07) is 8.72. The van der Waals surface area contributed by atoms with Crippen LogP contribution in [-0.4, -0.2) is 0 Å². The Balaban J connectivity index is 1.75. The fourth-order valence-electron chi connectivity index (χ4n) is 3.59. The molecule has 3 aliphatic carbocycles. The van der Waals surface area contributed by atoms with Crippen molar-refractivity contribution in [1.82, 2.24) is 0 Å². The maximum atomic E-state index is 2.38. The highest BCUT2D eigenvalue weighted by Gasteiger charge is 2.35. The quantitative estimate of drug-likeness (QED) is 0.673. The van der Waals surface area contributed by atoms with Gasteiger partial charge in [-0.3, -0.25) is 0 Å². The van der Waals surface area contributed by atoms with Gasteiger partial charge in [-0.25, -0.2) is 0 Å². The van der Waals surface area contributed by atoms with E-state index in [1.807, 2.05) is 0 Å². The number of hydrogen-bond donors (Lipinski definition) is 0. The standard InChI is InChI=1S/C20H18/c1-20(14-15-7-2-3-8-15)12-6-11-18-17-10-5-4-9-16(17)13-19(18)20/h2-7,9-13H,8,14H2,1H3. The molecule has 0 saturated carbocycles. The summed E-state index contributed by atoms with van der Waals surface area (Å²) in [7, 11) is 0. The summed E-state index contributed by atoms with van der Waals surface area (Å²) in [5, 5.41) is 0. The van der Waals surface area contributed by atoms with E-state index in [0.717, 1.165) is 12.8 Å². The molecule has 98 valence electrons. The largest absolute Gasteiger partial charge is 0.0805 e. The summed E-state index contributed by atoms with van der Waals surface area (Å²) < 4.78 is 0. The topological polar surface area (TPSA) is 0 Å². The van der Waals surface area contributed by atoms with Crippen molar-refractivity contribution in [2.24, 2.45) is 5.41 Å². The van der Waals surface area contributed by atoms with E-state index in [1.165, 1.54) is 27.8 Å². The molecule has 0 saturated heterocycles. The lowest BCUT2D eigenvalue weighted by Gasteiger charge is -2.32. The zero-order chi connectivity index (χ0) is 13.6. The van der Waals surface area contributed by atoms with Gasteiger partial charge in [0.2, 0.25) is 0 Å². The minimum absolute atomic E-state index is 0.126.